The third-order valence-corrected chi connectivity index (χ3v) is 2.62. The van der Waals surface area contributed by atoms with Gasteiger partial charge in [0.05, 0.1) is 6.10 Å². The summed E-state index contributed by atoms with van der Waals surface area (Å²) in [7, 11) is 1.70. The highest BCUT2D eigenvalue weighted by Gasteiger charge is 2.27. The fourth-order valence-electron chi connectivity index (χ4n) is 1.80. The van der Waals surface area contributed by atoms with Crippen LogP contribution in [0.3, 0.4) is 0 Å². The maximum Gasteiger partial charge on any atom is 0.248 e. The topological polar surface area (TPSA) is 49.8 Å². The molecule has 1 amide bonds. The molecule has 0 aromatic heterocycles. The lowest BCUT2D eigenvalue weighted by Crippen LogP contribution is -2.47. The molecule has 4 nitrogen and oxygen atoms in total. The first-order valence-corrected chi connectivity index (χ1v) is 4.62. The predicted molar refractivity (Wildman–Crippen MR) is 48.3 cm³/mol. The van der Waals surface area contributed by atoms with Crippen molar-refractivity contribution in [3.63, 3.8) is 0 Å². The molecule has 0 saturated carbocycles. The van der Waals surface area contributed by atoms with Crippen molar-refractivity contribution in [2.24, 2.45) is 0 Å². The Morgan fingerprint density at radius 1 is 1.69 bits per heavy atom. The molecule has 1 saturated heterocycles. The number of piperidine rings is 1. The maximum atomic E-state index is 11.2. The van der Waals surface area contributed by atoms with Crippen molar-refractivity contribution in [2.75, 3.05) is 20.3 Å². The summed E-state index contributed by atoms with van der Waals surface area (Å²) in [5.41, 5.74) is 0. The van der Waals surface area contributed by atoms with Crippen LogP contribution in [0.15, 0.2) is 0 Å². The summed E-state index contributed by atoms with van der Waals surface area (Å²) >= 11 is 0. The number of ether oxygens (including phenoxy) is 1. The van der Waals surface area contributed by atoms with Crippen molar-refractivity contribution in [1.82, 2.24) is 4.90 Å². The summed E-state index contributed by atoms with van der Waals surface area (Å²) in [6.07, 6.45) is 1.99. The van der Waals surface area contributed by atoms with Gasteiger partial charge in [-0.3, -0.25) is 4.79 Å². The first kappa shape index (κ1) is 10.5. The monoisotopic (exact) mass is 187 g/mol. The van der Waals surface area contributed by atoms with Crippen LogP contribution in [0.5, 0.6) is 0 Å². The van der Waals surface area contributed by atoms with Crippen LogP contribution in [0.1, 0.15) is 19.8 Å². The van der Waals surface area contributed by atoms with E-state index in [0.29, 0.717) is 6.54 Å². The number of methoxy groups -OCH3 is 1. The zero-order valence-electron chi connectivity index (χ0n) is 8.19. The van der Waals surface area contributed by atoms with Crippen LogP contribution in [0.25, 0.3) is 0 Å². The van der Waals surface area contributed by atoms with E-state index in [9.17, 15) is 4.79 Å². The number of aliphatic hydroxyl groups is 1. The molecular formula is C9H17NO3. The minimum atomic E-state index is -0.387. The Morgan fingerprint density at radius 3 is 2.85 bits per heavy atom. The third kappa shape index (κ3) is 2.42. The molecule has 4 heteroatoms. The maximum absolute atomic E-state index is 11.2. The predicted octanol–water partition coefficient (Wildman–Crippen LogP) is 0.00460. The van der Waals surface area contributed by atoms with E-state index in [1.807, 2.05) is 6.92 Å². The Kier molecular flexibility index (Phi) is 3.69. The minimum Gasteiger partial charge on any atom is -0.387 e. The molecule has 0 bridgehead atoms. The molecule has 0 aromatic carbocycles. The average molecular weight is 187 g/mol. The molecule has 1 aliphatic rings. The van der Waals surface area contributed by atoms with Crippen molar-refractivity contribution in [3.05, 3.63) is 0 Å². The molecule has 1 fully saturated rings. The standard InChI is InChI=1S/C9H17NO3/c1-7-5-8(13-2)3-4-10(7)9(12)6-11/h7-8,11H,3-6H2,1-2H3/t7-,8-/m0/s1. The summed E-state index contributed by atoms with van der Waals surface area (Å²) in [6, 6.07) is 0.179. The Balaban J connectivity index is 2.48. The number of hydrogen-bond donors (Lipinski definition) is 1. The summed E-state index contributed by atoms with van der Waals surface area (Å²) in [5.74, 6) is -0.179. The highest BCUT2D eigenvalue weighted by molar-refractivity contribution is 5.77. The second-order valence-corrected chi connectivity index (χ2v) is 3.48. The second-order valence-electron chi connectivity index (χ2n) is 3.48. The zero-order valence-corrected chi connectivity index (χ0v) is 8.19. The number of carbonyl (C=O) groups is 1. The molecule has 1 aliphatic heterocycles. The Morgan fingerprint density at radius 2 is 2.38 bits per heavy atom. The number of likely N-dealkylation sites (tertiary alicyclic amines) is 1. The molecule has 0 radical (unpaired) electrons. The molecule has 0 spiro atoms. The molecule has 76 valence electrons. The number of nitrogens with zero attached hydrogens (tertiary/aromatic N) is 1. The number of rotatable bonds is 2. The summed E-state index contributed by atoms with van der Waals surface area (Å²) in [5, 5.41) is 8.71. The van der Waals surface area contributed by atoms with E-state index in [4.69, 9.17) is 9.84 Å². The molecule has 1 N–H and O–H groups in total. The van der Waals surface area contributed by atoms with Crippen LogP contribution in [0.4, 0.5) is 0 Å². The first-order valence-electron chi connectivity index (χ1n) is 4.62. The van der Waals surface area contributed by atoms with Gasteiger partial charge >= 0.3 is 0 Å². The highest BCUT2D eigenvalue weighted by Crippen LogP contribution is 2.18. The van der Waals surface area contributed by atoms with E-state index in [1.54, 1.807) is 12.0 Å². The van der Waals surface area contributed by atoms with Crippen molar-refractivity contribution >= 4 is 5.91 Å². The van der Waals surface area contributed by atoms with Gasteiger partial charge in [0, 0.05) is 19.7 Å². The Bertz CT molecular complexity index is 184. The van der Waals surface area contributed by atoms with Crippen LogP contribution in [0.2, 0.25) is 0 Å². The molecule has 1 rings (SSSR count). The quantitative estimate of drug-likeness (QED) is 0.662. The fraction of sp³-hybridized carbons (Fsp3) is 0.889. The lowest BCUT2D eigenvalue weighted by atomic mass is 10.0. The third-order valence-electron chi connectivity index (χ3n) is 2.62. The van der Waals surface area contributed by atoms with E-state index in [2.05, 4.69) is 0 Å². The van der Waals surface area contributed by atoms with Gasteiger partial charge < -0.3 is 14.7 Å². The second kappa shape index (κ2) is 4.58. The van der Waals surface area contributed by atoms with Gasteiger partial charge in [0.25, 0.3) is 0 Å². The largest absolute Gasteiger partial charge is 0.387 e. The van der Waals surface area contributed by atoms with E-state index in [-0.39, 0.29) is 24.7 Å². The SMILES string of the molecule is CO[C@H]1CCN(C(=O)CO)[C@@H](C)C1. The number of hydrogen-bond acceptors (Lipinski definition) is 3. The number of carbonyl (C=O) groups excluding carboxylic acids is 1. The van der Waals surface area contributed by atoms with E-state index >= 15 is 0 Å². The number of amides is 1. The smallest absolute Gasteiger partial charge is 0.248 e. The Hall–Kier alpha value is -0.610. The summed E-state index contributed by atoms with van der Waals surface area (Å²) < 4.78 is 5.22. The molecule has 0 aliphatic carbocycles. The molecule has 0 aromatic rings. The van der Waals surface area contributed by atoms with Crippen molar-refractivity contribution in [2.45, 2.75) is 31.9 Å². The summed E-state index contributed by atoms with van der Waals surface area (Å²) in [4.78, 5) is 12.9. The van der Waals surface area contributed by atoms with E-state index in [1.165, 1.54) is 0 Å². The van der Waals surface area contributed by atoms with Gasteiger partial charge in [0.15, 0.2) is 0 Å². The van der Waals surface area contributed by atoms with Gasteiger partial charge in [-0.2, -0.15) is 0 Å². The number of aliphatic hydroxyl groups excluding tert-OH is 1. The van der Waals surface area contributed by atoms with E-state index < -0.39 is 0 Å². The van der Waals surface area contributed by atoms with Gasteiger partial charge in [0.2, 0.25) is 5.91 Å². The molecule has 2 atom stereocenters. The van der Waals surface area contributed by atoms with Crippen LogP contribution in [-0.4, -0.2) is 48.3 Å². The van der Waals surface area contributed by atoms with Crippen LogP contribution in [-0.2, 0) is 9.53 Å². The first-order chi connectivity index (χ1) is 6.19. The van der Waals surface area contributed by atoms with E-state index in [0.717, 1.165) is 12.8 Å². The minimum absolute atomic E-state index is 0.179. The Labute approximate surface area is 78.5 Å². The fourth-order valence-corrected chi connectivity index (χ4v) is 1.80. The molecular weight excluding hydrogens is 170 g/mol. The zero-order chi connectivity index (χ0) is 9.84. The van der Waals surface area contributed by atoms with Gasteiger partial charge in [-0.15, -0.1) is 0 Å². The molecule has 0 unspecified atom stereocenters. The van der Waals surface area contributed by atoms with Gasteiger partial charge in [0.1, 0.15) is 6.61 Å². The normalized spacial score (nSPS) is 29.0. The van der Waals surface area contributed by atoms with Crippen LogP contribution < -0.4 is 0 Å². The van der Waals surface area contributed by atoms with Crippen molar-refractivity contribution < 1.29 is 14.6 Å². The average Bonchev–Trinajstić information content (AvgIpc) is 2.16. The van der Waals surface area contributed by atoms with Crippen LogP contribution in [0, 0.1) is 0 Å². The lowest BCUT2D eigenvalue weighted by molar-refractivity contribution is -0.139. The van der Waals surface area contributed by atoms with Gasteiger partial charge in [-0.1, -0.05) is 0 Å². The van der Waals surface area contributed by atoms with Crippen molar-refractivity contribution in [1.29, 1.82) is 0 Å². The molecule has 1 heterocycles. The highest BCUT2D eigenvalue weighted by atomic mass is 16.5. The lowest BCUT2D eigenvalue weighted by Gasteiger charge is -2.36. The van der Waals surface area contributed by atoms with Crippen molar-refractivity contribution in [3.8, 4) is 0 Å². The van der Waals surface area contributed by atoms with Gasteiger partial charge in [-0.05, 0) is 19.8 Å². The van der Waals surface area contributed by atoms with Gasteiger partial charge in [-0.25, -0.2) is 0 Å². The summed E-state index contributed by atoms with van der Waals surface area (Å²) in [6.45, 7) is 2.29. The van der Waals surface area contributed by atoms with Crippen LogP contribution >= 0.6 is 0 Å². The molecule has 13 heavy (non-hydrogen) atoms.